The summed E-state index contributed by atoms with van der Waals surface area (Å²) < 4.78 is 5.43. The van der Waals surface area contributed by atoms with Crippen LogP contribution in [0.2, 0.25) is 0 Å². The number of allylic oxidation sites excluding steroid dienone is 5. The highest BCUT2D eigenvalue weighted by molar-refractivity contribution is 5.89. The molecule has 0 aliphatic heterocycles. The standard InChI is InChI=1S/C23H30O5/c1-13(25)28-15-8-9-22(2)14(10-15)4-5-16-17-6-7-18(20(27)12-24)23(17,3)11-19(26)21(16)22/h4,8-10,13,16-18,21,24-25H,5-7,11-12H2,1-3H3/t13?,16-,17-,18+,21+,22-,23-/m0/s1. The monoisotopic (exact) mass is 386 g/mol. The summed E-state index contributed by atoms with van der Waals surface area (Å²) in [5.74, 6) is 0.946. The predicted molar refractivity (Wildman–Crippen MR) is 104 cm³/mol. The van der Waals surface area contributed by atoms with Gasteiger partial charge in [0.1, 0.15) is 18.1 Å². The number of rotatable bonds is 4. The van der Waals surface area contributed by atoms with Crippen molar-refractivity contribution in [3.05, 3.63) is 35.6 Å². The SMILES string of the molecule is CC(O)OC1=CC2=CC[C@H]3[C@@H]4CC[C@H](C(=O)CO)[C@@]4(C)CC(=O)[C@@H]3[C@@]2(C)C=C1. The molecule has 2 saturated carbocycles. The third kappa shape index (κ3) is 2.74. The van der Waals surface area contributed by atoms with Crippen molar-refractivity contribution < 1.29 is 24.5 Å². The summed E-state index contributed by atoms with van der Waals surface area (Å²) in [7, 11) is 0. The Morgan fingerprint density at radius 2 is 2.11 bits per heavy atom. The van der Waals surface area contributed by atoms with Crippen LogP contribution in [0.5, 0.6) is 0 Å². The van der Waals surface area contributed by atoms with Crippen molar-refractivity contribution in [2.75, 3.05) is 6.61 Å². The van der Waals surface area contributed by atoms with Crippen LogP contribution in [0.3, 0.4) is 0 Å². The Kier molecular flexibility index (Phi) is 4.66. The summed E-state index contributed by atoms with van der Waals surface area (Å²) in [5, 5.41) is 18.9. The highest BCUT2D eigenvalue weighted by Gasteiger charge is 2.62. The Morgan fingerprint density at radius 1 is 1.36 bits per heavy atom. The molecule has 0 heterocycles. The van der Waals surface area contributed by atoms with Gasteiger partial charge in [0.25, 0.3) is 0 Å². The molecule has 2 N–H and O–H groups in total. The molecule has 4 aliphatic carbocycles. The van der Waals surface area contributed by atoms with Gasteiger partial charge in [-0.25, -0.2) is 0 Å². The lowest BCUT2D eigenvalue weighted by Gasteiger charge is -2.54. The summed E-state index contributed by atoms with van der Waals surface area (Å²) in [5.41, 5.74) is 0.352. The molecule has 0 spiro atoms. The van der Waals surface area contributed by atoms with E-state index in [1.807, 2.05) is 12.2 Å². The average molecular weight is 386 g/mol. The molecular weight excluding hydrogens is 356 g/mol. The molecule has 7 atom stereocenters. The number of ether oxygens (including phenoxy) is 1. The van der Waals surface area contributed by atoms with E-state index < -0.39 is 12.9 Å². The maximum Gasteiger partial charge on any atom is 0.194 e. The number of aliphatic hydroxyl groups is 2. The molecular formula is C23H30O5. The van der Waals surface area contributed by atoms with Crippen molar-refractivity contribution in [1.29, 1.82) is 0 Å². The number of aliphatic hydroxyl groups excluding tert-OH is 2. The highest BCUT2D eigenvalue weighted by atomic mass is 16.6. The molecule has 0 aromatic carbocycles. The normalized spacial score (nSPS) is 42.7. The molecule has 28 heavy (non-hydrogen) atoms. The van der Waals surface area contributed by atoms with Gasteiger partial charge in [-0.3, -0.25) is 9.59 Å². The van der Waals surface area contributed by atoms with E-state index in [2.05, 4.69) is 26.0 Å². The fourth-order valence-corrected chi connectivity index (χ4v) is 6.70. The van der Waals surface area contributed by atoms with Crippen LogP contribution in [0, 0.1) is 34.5 Å². The zero-order chi connectivity index (χ0) is 20.3. The van der Waals surface area contributed by atoms with Gasteiger partial charge in [-0.15, -0.1) is 0 Å². The van der Waals surface area contributed by atoms with Gasteiger partial charge in [0.2, 0.25) is 0 Å². The summed E-state index contributed by atoms with van der Waals surface area (Å²) in [6.45, 7) is 5.34. The first-order valence-corrected chi connectivity index (χ1v) is 10.3. The van der Waals surface area contributed by atoms with E-state index in [4.69, 9.17) is 4.74 Å². The van der Waals surface area contributed by atoms with Crippen LogP contribution >= 0.6 is 0 Å². The number of carbonyl (C=O) groups excluding carboxylic acids is 2. The molecule has 2 fully saturated rings. The molecule has 0 bridgehead atoms. The fourth-order valence-electron chi connectivity index (χ4n) is 6.70. The lowest BCUT2D eigenvalue weighted by Crippen LogP contribution is -2.54. The third-order valence-electron chi connectivity index (χ3n) is 7.88. The highest BCUT2D eigenvalue weighted by Crippen LogP contribution is 2.64. The van der Waals surface area contributed by atoms with Gasteiger partial charge < -0.3 is 14.9 Å². The molecule has 0 saturated heterocycles. The molecule has 0 aromatic rings. The lowest BCUT2D eigenvalue weighted by molar-refractivity contribution is -0.144. The minimum absolute atomic E-state index is 0.103. The number of fused-ring (bicyclic) bond motifs is 5. The molecule has 5 heteroatoms. The smallest absolute Gasteiger partial charge is 0.194 e. The van der Waals surface area contributed by atoms with Gasteiger partial charge in [0, 0.05) is 23.7 Å². The number of hydrogen-bond acceptors (Lipinski definition) is 5. The molecule has 1 unspecified atom stereocenters. The summed E-state index contributed by atoms with van der Waals surface area (Å²) in [6, 6.07) is 0. The largest absolute Gasteiger partial charge is 0.465 e. The first-order chi connectivity index (χ1) is 13.2. The zero-order valence-electron chi connectivity index (χ0n) is 16.9. The van der Waals surface area contributed by atoms with E-state index in [1.54, 1.807) is 6.92 Å². The van der Waals surface area contributed by atoms with Crippen molar-refractivity contribution >= 4 is 11.6 Å². The minimum atomic E-state index is -0.881. The average Bonchev–Trinajstić information content (AvgIpc) is 2.97. The number of Topliss-reactive ketones (excluding diaryl/α,β-unsaturated/α-hetero) is 2. The second-order valence-electron chi connectivity index (χ2n) is 9.43. The fraction of sp³-hybridized carbons (Fsp3) is 0.652. The van der Waals surface area contributed by atoms with Gasteiger partial charge in [0.05, 0.1) is 0 Å². The van der Waals surface area contributed by atoms with Gasteiger partial charge in [-0.2, -0.15) is 0 Å². The topological polar surface area (TPSA) is 83.8 Å². The molecule has 4 rings (SSSR count). The Morgan fingerprint density at radius 3 is 2.79 bits per heavy atom. The molecule has 0 amide bonds. The van der Waals surface area contributed by atoms with Crippen LogP contribution < -0.4 is 0 Å². The third-order valence-corrected chi connectivity index (χ3v) is 7.88. The van der Waals surface area contributed by atoms with E-state index in [1.165, 1.54) is 0 Å². The molecule has 0 radical (unpaired) electrons. The van der Waals surface area contributed by atoms with Crippen LogP contribution in [-0.2, 0) is 14.3 Å². The van der Waals surface area contributed by atoms with E-state index in [0.717, 1.165) is 24.8 Å². The Labute approximate surface area is 166 Å². The minimum Gasteiger partial charge on any atom is -0.465 e. The molecule has 4 aliphatic rings. The van der Waals surface area contributed by atoms with Crippen molar-refractivity contribution in [3.63, 3.8) is 0 Å². The van der Waals surface area contributed by atoms with Crippen LogP contribution in [0.1, 0.15) is 46.5 Å². The maximum atomic E-state index is 13.4. The Balaban J connectivity index is 1.68. The maximum absolute atomic E-state index is 13.4. The van der Waals surface area contributed by atoms with Gasteiger partial charge in [0.15, 0.2) is 12.1 Å². The predicted octanol–water partition coefficient (Wildman–Crippen LogP) is 2.93. The van der Waals surface area contributed by atoms with Crippen molar-refractivity contribution in [1.82, 2.24) is 0 Å². The summed E-state index contributed by atoms with van der Waals surface area (Å²) in [6.07, 6.45) is 10.1. The molecule has 152 valence electrons. The molecule has 5 nitrogen and oxygen atoms in total. The number of ketones is 2. The van der Waals surface area contributed by atoms with Crippen molar-refractivity contribution in [2.45, 2.75) is 52.7 Å². The van der Waals surface area contributed by atoms with Crippen LogP contribution in [0.25, 0.3) is 0 Å². The van der Waals surface area contributed by atoms with E-state index in [9.17, 15) is 19.8 Å². The van der Waals surface area contributed by atoms with Crippen LogP contribution in [0.4, 0.5) is 0 Å². The summed E-state index contributed by atoms with van der Waals surface area (Å²) in [4.78, 5) is 25.8. The Bertz CT molecular complexity index is 791. The second kappa shape index (κ2) is 6.67. The molecule has 0 aromatic heterocycles. The Hall–Kier alpha value is -1.72. The van der Waals surface area contributed by atoms with Crippen molar-refractivity contribution in [2.24, 2.45) is 34.5 Å². The van der Waals surface area contributed by atoms with Crippen LogP contribution in [-0.4, -0.2) is 34.7 Å². The zero-order valence-corrected chi connectivity index (χ0v) is 16.9. The first-order valence-electron chi connectivity index (χ1n) is 10.3. The summed E-state index contributed by atoms with van der Waals surface area (Å²) >= 11 is 0. The van der Waals surface area contributed by atoms with Gasteiger partial charge >= 0.3 is 0 Å². The number of hydrogen-bond donors (Lipinski definition) is 2. The van der Waals surface area contributed by atoms with Crippen LogP contribution in [0.15, 0.2) is 35.6 Å². The number of carbonyl (C=O) groups is 2. The van der Waals surface area contributed by atoms with E-state index in [-0.39, 0.29) is 40.2 Å². The van der Waals surface area contributed by atoms with E-state index >= 15 is 0 Å². The second-order valence-corrected chi connectivity index (χ2v) is 9.43. The lowest BCUT2D eigenvalue weighted by atomic mass is 9.48. The van der Waals surface area contributed by atoms with Gasteiger partial charge in [-0.05, 0) is 61.2 Å². The quantitative estimate of drug-likeness (QED) is 0.726. The van der Waals surface area contributed by atoms with Gasteiger partial charge in [-0.1, -0.05) is 26.0 Å². The van der Waals surface area contributed by atoms with E-state index in [0.29, 0.717) is 18.1 Å². The van der Waals surface area contributed by atoms with Crippen molar-refractivity contribution in [3.8, 4) is 0 Å². The first kappa shape index (κ1) is 19.6.